The van der Waals surface area contributed by atoms with Gasteiger partial charge in [-0.25, -0.2) is 0 Å². The molecule has 0 N–H and O–H groups in total. The summed E-state index contributed by atoms with van der Waals surface area (Å²) in [5.41, 5.74) is 1.02. The number of pyridine rings is 1. The fourth-order valence-electron chi connectivity index (χ4n) is 1.47. The minimum atomic E-state index is -0.0432. The molecule has 0 atom stereocenters. The van der Waals surface area contributed by atoms with E-state index in [0.717, 1.165) is 11.3 Å². The smallest absolute Gasteiger partial charge is 0.251 e. The maximum atomic E-state index is 11.5. The predicted octanol–water partition coefficient (Wildman–Crippen LogP) is 1.71. The van der Waals surface area contributed by atoms with Crippen LogP contribution in [0.3, 0.4) is 0 Å². The van der Waals surface area contributed by atoms with Crippen LogP contribution in [0.5, 0.6) is 5.75 Å². The SMILES string of the molecule is COc1ccc(Cn2cc[c]cc2=O)cc1. The molecular weight excluding hydrogens is 202 g/mol. The Morgan fingerprint density at radius 1 is 1.31 bits per heavy atom. The molecule has 81 valence electrons. The minimum absolute atomic E-state index is 0.0432. The summed E-state index contributed by atoms with van der Waals surface area (Å²) in [6.45, 7) is 0.567. The third kappa shape index (κ3) is 2.31. The molecule has 0 aliphatic rings. The molecule has 0 spiro atoms. The molecular formula is C13H12NO2. The standard InChI is InChI=1S/C13H12NO2/c1-16-12-7-5-11(6-8-12)10-14-9-3-2-4-13(14)15/h3-9H,10H2,1H3. The van der Waals surface area contributed by atoms with Crippen molar-refractivity contribution >= 4 is 0 Å². The summed E-state index contributed by atoms with van der Waals surface area (Å²) in [4.78, 5) is 11.5. The van der Waals surface area contributed by atoms with Gasteiger partial charge in [0.2, 0.25) is 0 Å². The summed E-state index contributed by atoms with van der Waals surface area (Å²) < 4.78 is 6.71. The molecule has 0 aliphatic heterocycles. The van der Waals surface area contributed by atoms with Crippen LogP contribution in [0.1, 0.15) is 5.56 Å². The highest BCUT2D eigenvalue weighted by atomic mass is 16.5. The molecule has 0 saturated heterocycles. The maximum Gasteiger partial charge on any atom is 0.251 e. The Labute approximate surface area is 93.9 Å². The van der Waals surface area contributed by atoms with Crippen molar-refractivity contribution < 1.29 is 4.74 Å². The third-order valence-corrected chi connectivity index (χ3v) is 2.35. The van der Waals surface area contributed by atoms with Crippen LogP contribution in [0.15, 0.2) is 47.4 Å². The molecule has 16 heavy (non-hydrogen) atoms. The van der Waals surface area contributed by atoms with Gasteiger partial charge in [-0.15, -0.1) is 0 Å². The molecule has 0 unspecified atom stereocenters. The Morgan fingerprint density at radius 3 is 2.69 bits per heavy atom. The van der Waals surface area contributed by atoms with Crippen molar-refractivity contribution in [3.05, 3.63) is 64.6 Å². The van der Waals surface area contributed by atoms with Crippen molar-refractivity contribution in [3.63, 3.8) is 0 Å². The summed E-state index contributed by atoms with van der Waals surface area (Å²) in [6, 6.07) is 13.6. The zero-order valence-corrected chi connectivity index (χ0v) is 9.01. The lowest BCUT2D eigenvalue weighted by Crippen LogP contribution is -2.18. The Balaban J connectivity index is 2.21. The van der Waals surface area contributed by atoms with Gasteiger partial charge in [0.05, 0.1) is 13.7 Å². The van der Waals surface area contributed by atoms with Gasteiger partial charge < -0.3 is 9.30 Å². The van der Waals surface area contributed by atoms with Crippen LogP contribution in [-0.4, -0.2) is 11.7 Å². The lowest BCUT2D eigenvalue weighted by Gasteiger charge is -2.05. The van der Waals surface area contributed by atoms with E-state index in [1.807, 2.05) is 24.3 Å². The topological polar surface area (TPSA) is 31.2 Å². The second-order valence-corrected chi connectivity index (χ2v) is 3.44. The molecule has 3 nitrogen and oxygen atoms in total. The molecule has 0 aliphatic carbocycles. The molecule has 1 aromatic heterocycles. The fraction of sp³-hybridized carbons (Fsp3) is 0.154. The van der Waals surface area contributed by atoms with Gasteiger partial charge in [-0.1, -0.05) is 12.1 Å². The van der Waals surface area contributed by atoms with Crippen LogP contribution in [0.2, 0.25) is 0 Å². The molecule has 1 aromatic carbocycles. The van der Waals surface area contributed by atoms with Gasteiger partial charge in [0, 0.05) is 12.3 Å². The summed E-state index contributed by atoms with van der Waals surface area (Å²) >= 11 is 0. The van der Waals surface area contributed by atoms with E-state index >= 15 is 0 Å². The van der Waals surface area contributed by atoms with Crippen molar-refractivity contribution in [1.29, 1.82) is 0 Å². The van der Waals surface area contributed by atoms with E-state index in [2.05, 4.69) is 6.07 Å². The van der Waals surface area contributed by atoms with Crippen molar-refractivity contribution in [2.75, 3.05) is 7.11 Å². The molecule has 2 aromatic rings. The monoisotopic (exact) mass is 214 g/mol. The summed E-state index contributed by atoms with van der Waals surface area (Å²) in [6.07, 6.45) is 1.73. The van der Waals surface area contributed by atoms with Crippen LogP contribution >= 0.6 is 0 Å². The molecule has 2 rings (SSSR count). The number of aromatic nitrogens is 1. The van der Waals surface area contributed by atoms with Gasteiger partial charge >= 0.3 is 0 Å². The summed E-state index contributed by atoms with van der Waals surface area (Å²) in [7, 11) is 1.63. The first-order valence-corrected chi connectivity index (χ1v) is 4.99. The second-order valence-electron chi connectivity index (χ2n) is 3.44. The molecule has 0 fully saturated rings. The quantitative estimate of drug-likeness (QED) is 0.778. The molecule has 3 heteroatoms. The summed E-state index contributed by atoms with van der Waals surface area (Å²) in [5, 5.41) is 0. The Morgan fingerprint density at radius 2 is 2.06 bits per heavy atom. The first-order chi connectivity index (χ1) is 7.79. The van der Waals surface area contributed by atoms with Crippen LogP contribution in [0, 0.1) is 6.07 Å². The number of hydrogen-bond acceptors (Lipinski definition) is 2. The zero-order chi connectivity index (χ0) is 11.4. The highest BCUT2D eigenvalue weighted by molar-refractivity contribution is 5.27. The number of nitrogens with zero attached hydrogens (tertiary/aromatic N) is 1. The maximum absolute atomic E-state index is 11.5. The number of hydrogen-bond donors (Lipinski definition) is 0. The normalized spacial score (nSPS) is 10.1. The third-order valence-electron chi connectivity index (χ3n) is 2.35. The highest BCUT2D eigenvalue weighted by Crippen LogP contribution is 2.11. The average molecular weight is 214 g/mol. The first kappa shape index (κ1) is 10.5. The lowest BCUT2D eigenvalue weighted by molar-refractivity contribution is 0.414. The Hall–Kier alpha value is -2.03. The van der Waals surface area contributed by atoms with E-state index in [1.54, 1.807) is 23.9 Å². The number of ether oxygens (including phenoxy) is 1. The van der Waals surface area contributed by atoms with Crippen molar-refractivity contribution in [1.82, 2.24) is 4.57 Å². The largest absolute Gasteiger partial charge is 0.497 e. The molecule has 0 saturated carbocycles. The van der Waals surface area contributed by atoms with Crippen LogP contribution in [0.25, 0.3) is 0 Å². The van der Waals surface area contributed by atoms with Crippen LogP contribution in [0.4, 0.5) is 0 Å². The number of benzene rings is 1. The second kappa shape index (κ2) is 4.66. The number of methoxy groups -OCH3 is 1. The van der Waals surface area contributed by atoms with Crippen molar-refractivity contribution in [2.45, 2.75) is 6.54 Å². The fourth-order valence-corrected chi connectivity index (χ4v) is 1.47. The average Bonchev–Trinajstić information content (AvgIpc) is 2.33. The summed E-state index contributed by atoms with van der Waals surface area (Å²) in [5.74, 6) is 0.817. The van der Waals surface area contributed by atoms with Crippen LogP contribution in [-0.2, 0) is 6.54 Å². The van der Waals surface area contributed by atoms with Gasteiger partial charge in [0.15, 0.2) is 0 Å². The van der Waals surface area contributed by atoms with E-state index in [-0.39, 0.29) is 5.56 Å². The molecule has 0 bridgehead atoms. The zero-order valence-electron chi connectivity index (χ0n) is 9.01. The van der Waals surface area contributed by atoms with Gasteiger partial charge in [-0.3, -0.25) is 4.79 Å². The van der Waals surface area contributed by atoms with Gasteiger partial charge in [-0.2, -0.15) is 0 Å². The first-order valence-electron chi connectivity index (χ1n) is 4.99. The van der Waals surface area contributed by atoms with Crippen molar-refractivity contribution in [2.24, 2.45) is 0 Å². The Bertz CT molecular complexity index is 514. The van der Waals surface area contributed by atoms with Gasteiger partial charge in [-0.05, 0) is 29.8 Å². The van der Waals surface area contributed by atoms with E-state index < -0.39 is 0 Å². The van der Waals surface area contributed by atoms with Crippen LogP contribution < -0.4 is 10.3 Å². The molecule has 1 heterocycles. The highest BCUT2D eigenvalue weighted by Gasteiger charge is 1.97. The lowest BCUT2D eigenvalue weighted by atomic mass is 10.2. The number of rotatable bonds is 3. The van der Waals surface area contributed by atoms with E-state index in [1.165, 1.54) is 6.07 Å². The predicted molar refractivity (Wildman–Crippen MR) is 61.6 cm³/mol. The van der Waals surface area contributed by atoms with Gasteiger partial charge in [0.1, 0.15) is 5.75 Å². The molecule has 1 radical (unpaired) electrons. The Kier molecular flexibility index (Phi) is 3.05. The van der Waals surface area contributed by atoms with Gasteiger partial charge in [0.25, 0.3) is 5.56 Å². The van der Waals surface area contributed by atoms with E-state index in [4.69, 9.17) is 4.74 Å². The van der Waals surface area contributed by atoms with E-state index in [9.17, 15) is 4.79 Å². The van der Waals surface area contributed by atoms with E-state index in [0.29, 0.717) is 6.54 Å². The molecule has 0 amide bonds. The van der Waals surface area contributed by atoms with Crippen molar-refractivity contribution in [3.8, 4) is 5.75 Å². The minimum Gasteiger partial charge on any atom is -0.497 e.